The van der Waals surface area contributed by atoms with Gasteiger partial charge in [0.05, 0.1) is 47.0 Å². The van der Waals surface area contributed by atoms with Crippen LogP contribution in [0.3, 0.4) is 0 Å². The Balaban J connectivity index is 0. The van der Waals surface area contributed by atoms with Crippen LogP contribution < -0.4 is 0 Å². The van der Waals surface area contributed by atoms with Crippen LogP contribution in [0.1, 0.15) is 0 Å². The number of nitrogens with zero attached hydrogens (tertiary/aromatic N) is 1. The van der Waals surface area contributed by atoms with Crippen molar-refractivity contribution in [3.8, 4) is 0 Å². The van der Waals surface area contributed by atoms with Crippen molar-refractivity contribution in [1.29, 1.82) is 0 Å². The molecule has 0 aliphatic rings. The van der Waals surface area contributed by atoms with E-state index in [1.54, 1.807) is 0 Å². The Labute approximate surface area is 63.0 Å². The molecule has 0 saturated carbocycles. The normalized spacial score (nSPS) is 10.7. The number of hydrogen-bond donors (Lipinski definition) is 0. The van der Waals surface area contributed by atoms with Gasteiger partial charge in [-0.2, -0.15) is 0 Å². The third-order valence-electron chi connectivity index (χ3n) is 0. The van der Waals surface area contributed by atoms with Gasteiger partial charge < -0.3 is 4.48 Å². The van der Waals surface area contributed by atoms with Gasteiger partial charge in [0.1, 0.15) is 0 Å². The van der Waals surface area contributed by atoms with Crippen molar-refractivity contribution in [2.45, 2.75) is 0 Å². The van der Waals surface area contributed by atoms with Crippen LogP contribution in [0.25, 0.3) is 0 Å². The maximum Gasteiger partial charge on any atom is 0.0969 e. The van der Waals surface area contributed by atoms with Crippen molar-refractivity contribution >= 4 is 10.9 Å². The smallest absolute Gasteiger partial charge is 0.0969 e. The standard InChI is InChI=1S/C4H12N.C3H9S/c1-5(2,3)4;1-4(2)3/h1-4H3;1-3H3/q2*+1. The number of quaternary nitrogens is 1. The molecule has 9 heavy (non-hydrogen) atoms. The number of hydrogen-bond acceptors (Lipinski definition) is 0. The van der Waals surface area contributed by atoms with Crippen LogP contribution in [0, 0.1) is 0 Å². The quantitative estimate of drug-likeness (QED) is 0.355. The van der Waals surface area contributed by atoms with Crippen LogP contribution in [-0.2, 0) is 10.9 Å². The Morgan fingerprint density at radius 1 is 0.778 bits per heavy atom. The first kappa shape index (κ1) is 12.0. The Hall–Kier alpha value is 0.310. The molecule has 0 saturated heterocycles. The zero-order chi connectivity index (χ0) is 8.08. The molecular weight excluding hydrogens is 130 g/mol. The van der Waals surface area contributed by atoms with Crippen LogP contribution in [0.15, 0.2) is 0 Å². The molecule has 0 aliphatic carbocycles. The maximum atomic E-state index is 2.19. The fourth-order valence-corrected chi connectivity index (χ4v) is 0. The lowest BCUT2D eigenvalue weighted by atomic mass is 10.8. The molecule has 0 aliphatic heterocycles. The lowest BCUT2D eigenvalue weighted by Gasteiger charge is -2.14. The van der Waals surface area contributed by atoms with E-state index < -0.39 is 0 Å². The Morgan fingerprint density at radius 2 is 0.778 bits per heavy atom. The average Bonchev–Trinajstić information content (AvgIpc) is 1.19. The second-order valence-electron chi connectivity index (χ2n) is 3.91. The molecule has 0 radical (unpaired) electrons. The van der Waals surface area contributed by atoms with E-state index in [0.29, 0.717) is 10.9 Å². The monoisotopic (exact) mass is 151 g/mol. The van der Waals surface area contributed by atoms with Crippen molar-refractivity contribution < 1.29 is 4.48 Å². The molecule has 0 spiro atoms. The van der Waals surface area contributed by atoms with Gasteiger partial charge >= 0.3 is 0 Å². The highest BCUT2D eigenvalue weighted by molar-refractivity contribution is 7.94. The highest BCUT2D eigenvalue weighted by Gasteiger charge is 1.88. The summed E-state index contributed by atoms with van der Waals surface area (Å²) >= 11 is 0. The second-order valence-corrected chi connectivity index (χ2v) is 6.36. The van der Waals surface area contributed by atoms with Gasteiger partial charge in [-0.25, -0.2) is 0 Å². The first-order valence-electron chi connectivity index (χ1n) is 3.01. The van der Waals surface area contributed by atoms with Crippen molar-refractivity contribution in [2.75, 3.05) is 47.0 Å². The summed E-state index contributed by atoms with van der Waals surface area (Å²) in [6.07, 6.45) is 6.58. The molecule has 0 heterocycles. The first-order chi connectivity index (χ1) is 3.73. The molecule has 0 fully saturated rings. The SMILES string of the molecule is C[N+](C)(C)C.C[S+](C)C. The van der Waals surface area contributed by atoms with E-state index in [1.165, 1.54) is 0 Å². The fraction of sp³-hybridized carbons (Fsp3) is 1.00. The van der Waals surface area contributed by atoms with Crippen LogP contribution in [0.5, 0.6) is 0 Å². The molecule has 0 atom stereocenters. The first-order valence-corrected chi connectivity index (χ1v) is 5.46. The Morgan fingerprint density at radius 3 is 0.778 bits per heavy atom. The summed E-state index contributed by atoms with van der Waals surface area (Å²) in [6, 6.07) is 0. The summed E-state index contributed by atoms with van der Waals surface area (Å²) in [4.78, 5) is 0. The third-order valence-corrected chi connectivity index (χ3v) is 0. The van der Waals surface area contributed by atoms with E-state index >= 15 is 0 Å². The highest BCUT2D eigenvalue weighted by Crippen LogP contribution is 1.73. The van der Waals surface area contributed by atoms with Crippen LogP contribution >= 0.6 is 0 Å². The predicted octanol–water partition coefficient (Wildman–Crippen LogP) is 0.817. The summed E-state index contributed by atoms with van der Waals surface area (Å²) in [7, 11) is 9.14. The lowest BCUT2D eigenvalue weighted by molar-refractivity contribution is -0.849. The molecule has 0 rings (SSSR count). The predicted molar refractivity (Wildman–Crippen MR) is 49.1 cm³/mol. The Bertz CT molecular complexity index is 45.7. The largest absolute Gasteiger partial charge is 0.333 e. The molecule has 1 nitrogen and oxygen atoms in total. The number of rotatable bonds is 0. The molecule has 2 heteroatoms. The van der Waals surface area contributed by atoms with Gasteiger partial charge in [0.25, 0.3) is 0 Å². The van der Waals surface area contributed by atoms with Gasteiger partial charge in [-0.3, -0.25) is 0 Å². The van der Waals surface area contributed by atoms with Gasteiger partial charge in [-0.05, 0) is 10.9 Å². The second kappa shape index (κ2) is 5.12. The summed E-state index contributed by atoms with van der Waals surface area (Å²) in [5, 5.41) is 0. The van der Waals surface area contributed by atoms with E-state index in [2.05, 4.69) is 47.0 Å². The molecule has 0 aromatic heterocycles. The maximum absolute atomic E-state index is 2.19. The summed E-state index contributed by atoms with van der Waals surface area (Å²) in [5.41, 5.74) is 0. The van der Waals surface area contributed by atoms with Crippen LogP contribution in [0.2, 0.25) is 0 Å². The lowest BCUT2D eigenvalue weighted by Crippen LogP contribution is -2.27. The molecule has 58 valence electrons. The van der Waals surface area contributed by atoms with Gasteiger partial charge in [0.15, 0.2) is 0 Å². The van der Waals surface area contributed by atoms with Gasteiger partial charge in [-0.1, -0.05) is 0 Å². The van der Waals surface area contributed by atoms with Crippen molar-refractivity contribution in [3.05, 3.63) is 0 Å². The van der Waals surface area contributed by atoms with E-state index in [9.17, 15) is 0 Å². The molecule has 0 amide bonds. The minimum Gasteiger partial charge on any atom is -0.333 e. The van der Waals surface area contributed by atoms with E-state index in [-0.39, 0.29) is 0 Å². The van der Waals surface area contributed by atoms with Crippen molar-refractivity contribution in [1.82, 2.24) is 0 Å². The van der Waals surface area contributed by atoms with E-state index in [0.717, 1.165) is 4.48 Å². The average molecular weight is 151 g/mol. The molecule has 0 aromatic rings. The van der Waals surface area contributed by atoms with Crippen LogP contribution in [-0.4, -0.2) is 51.4 Å². The molecule has 0 unspecified atom stereocenters. The molecular formula is C7H21NS+2. The summed E-state index contributed by atoms with van der Waals surface area (Å²) in [5.74, 6) is 0. The Kier molecular flexibility index (Phi) is 6.85. The molecule has 0 bridgehead atoms. The summed E-state index contributed by atoms with van der Waals surface area (Å²) in [6.45, 7) is 0. The highest BCUT2D eigenvalue weighted by atomic mass is 32.2. The minimum absolute atomic E-state index is 0.639. The fourth-order valence-electron chi connectivity index (χ4n) is 0. The molecule has 0 N–H and O–H groups in total. The summed E-state index contributed by atoms with van der Waals surface area (Å²) < 4.78 is 1.00. The van der Waals surface area contributed by atoms with Gasteiger partial charge in [0, 0.05) is 0 Å². The zero-order valence-electron chi connectivity index (χ0n) is 7.86. The van der Waals surface area contributed by atoms with Crippen molar-refractivity contribution in [2.24, 2.45) is 0 Å². The zero-order valence-corrected chi connectivity index (χ0v) is 8.67. The van der Waals surface area contributed by atoms with E-state index in [4.69, 9.17) is 0 Å². The van der Waals surface area contributed by atoms with Crippen LogP contribution in [0.4, 0.5) is 0 Å². The third kappa shape index (κ3) is 3440. The van der Waals surface area contributed by atoms with E-state index in [1.807, 2.05) is 0 Å². The van der Waals surface area contributed by atoms with Crippen molar-refractivity contribution in [3.63, 3.8) is 0 Å². The topological polar surface area (TPSA) is 0 Å². The van der Waals surface area contributed by atoms with Gasteiger partial charge in [0.2, 0.25) is 0 Å². The molecule has 0 aromatic carbocycles. The minimum atomic E-state index is 0.639. The van der Waals surface area contributed by atoms with Gasteiger partial charge in [-0.15, -0.1) is 0 Å².